The van der Waals surface area contributed by atoms with E-state index in [1.54, 1.807) is 24.3 Å². The van der Waals surface area contributed by atoms with Gasteiger partial charge in [0.1, 0.15) is 18.0 Å². The first-order valence-corrected chi connectivity index (χ1v) is 11.4. The Kier molecular flexibility index (Phi) is 5.73. The van der Waals surface area contributed by atoms with Crippen molar-refractivity contribution < 1.29 is 22.7 Å². The second kappa shape index (κ2) is 8.30. The molecule has 4 atom stereocenters. The van der Waals surface area contributed by atoms with Gasteiger partial charge in [0.2, 0.25) is 0 Å². The van der Waals surface area contributed by atoms with Crippen LogP contribution in [0.5, 0.6) is 0 Å². The third-order valence-electron chi connectivity index (χ3n) is 5.53. The number of hydrogen-bond donors (Lipinski definition) is 1. The predicted molar refractivity (Wildman–Crippen MR) is 112 cm³/mol. The van der Waals surface area contributed by atoms with Gasteiger partial charge >= 0.3 is 0 Å². The Morgan fingerprint density at radius 2 is 1.47 bits per heavy atom. The van der Waals surface area contributed by atoms with Gasteiger partial charge in [-0.15, -0.1) is 0 Å². The number of benzene rings is 3. The lowest BCUT2D eigenvalue weighted by atomic mass is 9.92. The molecule has 0 aromatic heterocycles. The van der Waals surface area contributed by atoms with Crippen molar-refractivity contribution in [3.63, 3.8) is 0 Å². The van der Waals surface area contributed by atoms with Crippen molar-refractivity contribution in [2.24, 2.45) is 0 Å². The third kappa shape index (κ3) is 4.03. The molecule has 0 spiro atoms. The lowest BCUT2D eigenvalue weighted by Crippen LogP contribution is -2.42. The van der Waals surface area contributed by atoms with Crippen LogP contribution in [0.25, 0.3) is 0 Å². The summed E-state index contributed by atoms with van der Waals surface area (Å²) in [5, 5.41) is 9.81. The first kappa shape index (κ1) is 20.7. The molecule has 6 heteroatoms. The molecule has 1 N–H and O–H groups in total. The quantitative estimate of drug-likeness (QED) is 0.665. The average Bonchev–Trinajstić information content (AvgIpc) is 2.75. The smallest absolute Gasteiger partial charge is 0.184 e. The largest absolute Gasteiger partial charge is 0.390 e. The maximum Gasteiger partial charge on any atom is 0.184 e. The zero-order valence-electron chi connectivity index (χ0n) is 16.5. The summed E-state index contributed by atoms with van der Waals surface area (Å²) in [6, 6.07) is 21.5. The molecule has 1 aliphatic heterocycles. The molecule has 1 saturated heterocycles. The van der Waals surface area contributed by atoms with Crippen molar-refractivity contribution in [3.05, 3.63) is 101 Å². The standard InChI is InChI=1S/C24H23FO4S/c1-16-7-13-20(14-8-16)30(27,28)22-15-21(26)23(17-5-3-2-4-6-17)29-24(22)18-9-11-19(25)12-10-18/h2-14,21-24,26H,15H2,1H3/t21-,22-,23+,24-/m0/s1. The highest BCUT2D eigenvalue weighted by Crippen LogP contribution is 2.43. The van der Waals surface area contributed by atoms with Gasteiger partial charge in [-0.2, -0.15) is 0 Å². The van der Waals surface area contributed by atoms with E-state index < -0.39 is 39.2 Å². The number of ether oxygens (including phenoxy) is 1. The lowest BCUT2D eigenvalue weighted by Gasteiger charge is -2.39. The number of sulfone groups is 1. The molecule has 0 unspecified atom stereocenters. The molecule has 3 aromatic rings. The number of aliphatic hydroxyl groups is 1. The van der Waals surface area contributed by atoms with Crippen LogP contribution in [0.3, 0.4) is 0 Å². The molecule has 4 nitrogen and oxygen atoms in total. The number of rotatable bonds is 4. The summed E-state index contributed by atoms with van der Waals surface area (Å²) in [6.45, 7) is 1.88. The minimum Gasteiger partial charge on any atom is -0.390 e. The molecule has 3 aromatic carbocycles. The highest BCUT2D eigenvalue weighted by molar-refractivity contribution is 7.92. The van der Waals surface area contributed by atoms with Crippen molar-refractivity contribution in [2.75, 3.05) is 0 Å². The van der Waals surface area contributed by atoms with Crippen LogP contribution in [-0.2, 0) is 14.6 Å². The highest BCUT2D eigenvalue weighted by Gasteiger charge is 2.45. The normalized spacial score (nSPS) is 24.5. The molecule has 30 heavy (non-hydrogen) atoms. The maximum atomic E-state index is 13.5. The molecule has 1 aliphatic rings. The molecule has 4 rings (SSSR count). The molecule has 0 saturated carbocycles. The summed E-state index contributed by atoms with van der Waals surface area (Å²) in [4.78, 5) is 0.180. The highest BCUT2D eigenvalue weighted by atomic mass is 32.2. The van der Waals surface area contributed by atoms with E-state index in [0.29, 0.717) is 5.56 Å². The van der Waals surface area contributed by atoms with Gasteiger partial charge in [-0.1, -0.05) is 60.2 Å². The van der Waals surface area contributed by atoms with E-state index in [9.17, 15) is 17.9 Å². The summed E-state index contributed by atoms with van der Waals surface area (Å²) in [6.07, 6.45) is -2.50. The first-order valence-electron chi connectivity index (χ1n) is 9.81. The Hall–Kier alpha value is -2.54. The van der Waals surface area contributed by atoms with Crippen molar-refractivity contribution in [1.82, 2.24) is 0 Å². The van der Waals surface area contributed by atoms with E-state index in [1.165, 1.54) is 24.3 Å². The predicted octanol–water partition coefficient (Wildman–Crippen LogP) is 4.54. The second-order valence-corrected chi connectivity index (χ2v) is 9.81. The summed E-state index contributed by atoms with van der Waals surface area (Å²) < 4.78 is 46.6. The van der Waals surface area contributed by atoms with Crippen molar-refractivity contribution in [3.8, 4) is 0 Å². The molecule has 0 radical (unpaired) electrons. The molecular formula is C24H23FO4S. The van der Waals surface area contributed by atoms with Gasteiger partial charge in [0.15, 0.2) is 9.84 Å². The fourth-order valence-electron chi connectivity index (χ4n) is 3.90. The number of aryl methyl sites for hydroxylation is 1. The van der Waals surface area contributed by atoms with Crippen molar-refractivity contribution in [1.29, 1.82) is 0 Å². The Balaban J connectivity index is 1.76. The van der Waals surface area contributed by atoms with Gasteiger partial charge in [-0.25, -0.2) is 12.8 Å². The minimum atomic E-state index is -3.80. The van der Waals surface area contributed by atoms with Crippen molar-refractivity contribution in [2.45, 2.75) is 41.8 Å². The second-order valence-electron chi connectivity index (χ2n) is 7.64. The number of hydrogen-bond acceptors (Lipinski definition) is 4. The fraction of sp³-hybridized carbons (Fsp3) is 0.250. The van der Waals surface area contributed by atoms with Crippen LogP contribution in [0.1, 0.15) is 35.3 Å². The first-order chi connectivity index (χ1) is 14.4. The van der Waals surface area contributed by atoms with Crippen molar-refractivity contribution >= 4 is 9.84 Å². The summed E-state index contributed by atoms with van der Waals surface area (Å²) >= 11 is 0. The van der Waals surface area contributed by atoms with Gasteiger partial charge in [0.05, 0.1) is 16.2 Å². The average molecular weight is 427 g/mol. The molecule has 156 valence electrons. The van der Waals surface area contributed by atoms with E-state index in [4.69, 9.17) is 4.74 Å². The van der Waals surface area contributed by atoms with Crippen LogP contribution in [0.15, 0.2) is 83.8 Å². The van der Waals surface area contributed by atoms with E-state index in [1.807, 2.05) is 37.3 Å². The molecular weight excluding hydrogens is 403 g/mol. The summed E-state index contributed by atoms with van der Waals surface area (Å²) in [5.41, 5.74) is 2.28. The van der Waals surface area contributed by atoms with E-state index in [0.717, 1.165) is 11.1 Å². The van der Waals surface area contributed by atoms with Crippen LogP contribution < -0.4 is 0 Å². The van der Waals surface area contributed by atoms with E-state index in [2.05, 4.69) is 0 Å². The number of halogens is 1. The van der Waals surface area contributed by atoms with Gasteiger partial charge in [-0.05, 0) is 48.7 Å². The van der Waals surface area contributed by atoms with E-state index >= 15 is 0 Å². The van der Waals surface area contributed by atoms with Gasteiger partial charge in [0, 0.05) is 0 Å². The lowest BCUT2D eigenvalue weighted by molar-refractivity contribution is -0.119. The van der Waals surface area contributed by atoms with Gasteiger partial charge < -0.3 is 9.84 Å². The molecule has 1 fully saturated rings. The molecule has 0 amide bonds. The molecule has 0 aliphatic carbocycles. The fourth-order valence-corrected chi connectivity index (χ4v) is 5.77. The Morgan fingerprint density at radius 1 is 0.867 bits per heavy atom. The van der Waals surface area contributed by atoms with E-state index in [-0.39, 0.29) is 11.3 Å². The zero-order chi connectivity index (χ0) is 21.3. The van der Waals surface area contributed by atoms with Crippen LogP contribution in [-0.4, -0.2) is 24.9 Å². The van der Waals surface area contributed by atoms with Crippen LogP contribution in [0.4, 0.5) is 4.39 Å². The zero-order valence-corrected chi connectivity index (χ0v) is 17.3. The van der Waals surface area contributed by atoms with Gasteiger partial charge in [0.25, 0.3) is 0 Å². The molecule has 1 heterocycles. The Bertz CT molecular complexity index is 1100. The number of aliphatic hydroxyl groups excluding tert-OH is 1. The Labute approximate surface area is 175 Å². The van der Waals surface area contributed by atoms with Crippen LogP contribution in [0.2, 0.25) is 0 Å². The topological polar surface area (TPSA) is 63.6 Å². The summed E-state index contributed by atoms with van der Waals surface area (Å²) in [7, 11) is -3.80. The van der Waals surface area contributed by atoms with Gasteiger partial charge in [-0.3, -0.25) is 0 Å². The Morgan fingerprint density at radius 3 is 2.10 bits per heavy atom. The SMILES string of the molecule is Cc1ccc(S(=O)(=O)[C@H]2C[C@H](O)[C@@H](c3ccccc3)O[C@H]2c2ccc(F)cc2)cc1. The molecule has 0 bridgehead atoms. The minimum absolute atomic E-state index is 0.0117. The van der Waals surface area contributed by atoms with Crippen LogP contribution in [0, 0.1) is 12.7 Å². The van der Waals surface area contributed by atoms with Crippen LogP contribution >= 0.6 is 0 Å². The summed E-state index contributed by atoms with van der Waals surface area (Å²) in [5.74, 6) is -0.410. The monoisotopic (exact) mass is 426 g/mol. The maximum absolute atomic E-state index is 13.5. The third-order valence-corrected chi connectivity index (χ3v) is 7.69.